The number of para-hydroxylation sites is 1. The molecule has 4 aliphatic rings. The van der Waals surface area contributed by atoms with Crippen molar-refractivity contribution in [3.63, 3.8) is 0 Å². The molecule has 0 N–H and O–H groups in total. The van der Waals surface area contributed by atoms with Crippen molar-refractivity contribution in [1.29, 1.82) is 0 Å². The molecule has 4 aromatic rings. The van der Waals surface area contributed by atoms with E-state index in [1.165, 1.54) is 42.0 Å². The molecule has 2 bridgehead atoms. The van der Waals surface area contributed by atoms with Crippen LogP contribution in [0.1, 0.15) is 60.1 Å². The molecule has 3 aliphatic heterocycles. The minimum atomic E-state index is 0.0524. The molecular formula is C38H46N6O. The maximum atomic E-state index is 13.7. The number of nitrogens with zero attached hydrogens (tertiary/aromatic N) is 6. The fraction of sp³-hybridized carbons (Fsp3) is 0.421. The van der Waals surface area contributed by atoms with Gasteiger partial charge in [-0.05, 0) is 55.9 Å². The Morgan fingerprint density at radius 1 is 0.844 bits per heavy atom. The Morgan fingerprint density at radius 2 is 1.47 bits per heavy atom. The van der Waals surface area contributed by atoms with Crippen molar-refractivity contribution in [2.24, 2.45) is 0 Å². The predicted octanol–water partition coefficient (Wildman–Crippen LogP) is 6.68. The molecule has 3 atom stereocenters. The third kappa shape index (κ3) is 6.42. The highest BCUT2D eigenvalue weighted by molar-refractivity contribution is 5.91. The summed E-state index contributed by atoms with van der Waals surface area (Å²) in [7, 11) is 1.91. The highest BCUT2D eigenvalue weighted by Crippen LogP contribution is 2.44. The largest absolute Gasteiger partial charge is 0.329 e. The number of anilines is 1. The summed E-state index contributed by atoms with van der Waals surface area (Å²) in [5, 5.41) is 0. The molecule has 0 radical (unpaired) electrons. The van der Waals surface area contributed by atoms with Gasteiger partial charge in [-0.25, -0.2) is 9.78 Å². The monoisotopic (exact) mass is 602 g/mol. The molecule has 2 saturated heterocycles. The summed E-state index contributed by atoms with van der Waals surface area (Å²) in [6.07, 6.45) is 5.76. The van der Waals surface area contributed by atoms with Crippen LogP contribution in [0, 0.1) is 6.92 Å². The second-order valence-electron chi connectivity index (χ2n) is 13.2. The number of urea groups is 1. The first kappa shape index (κ1) is 29.8. The second-order valence-corrected chi connectivity index (χ2v) is 13.2. The lowest BCUT2D eigenvalue weighted by atomic mass is 9.76. The first-order valence-corrected chi connectivity index (χ1v) is 16.7. The van der Waals surface area contributed by atoms with Crippen LogP contribution in [0.2, 0.25) is 0 Å². The summed E-state index contributed by atoms with van der Waals surface area (Å²) in [5.74, 6) is 1.19. The Balaban J connectivity index is 0.952. The van der Waals surface area contributed by atoms with Crippen LogP contribution in [0.5, 0.6) is 0 Å². The van der Waals surface area contributed by atoms with Gasteiger partial charge >= 0.3 is 6.03 Å². The maximum Gasteiger partial charge on any atom is 0.324 e. The van der Waals surface area contributed by atoms with Crippen LogP contribution in [0.3, 0.4) is 0 Å². The van der Waals surface area contributed by atoms with Gasteiger partial charge in [0.1, 0.15) is 5.82 Å². The standard InChI is InChI=1S/C38H46N6O/c1-29-39-36-28-41(27-31-15-8-4-9-16-31)22-19-37(36)44(29)35-24-33-23-34(25-35)42(33)20-12-21-43(32-17-10-5-11-18-32)38(45)40(2)26-30-13-6-3-7-14-30/h3-11,13-18,33-35H,12,19-28H2,1-2H3/t33-,34+,35?. The topological polar surface area (TPSA) is 47.9 Å². The molecule has 1 aromatic heterocycles. The van der Waals surface area contributed by atoms with Crippen LogP contribution in [-0.4, -0.2) is 69.0 Å². The van der Waals surface area contributed by atoms with E-state index < -0.39 is 0 Å². The number of rotatable bonds is 10. The SMILES string of the molecule is Cc1nc2c(n1C1C[C@@H]3C[C@H](C1)N3CCCN(C(=O)N(C)Cc1ccccc1)c1ccccc1)CCN(Cc1ccccc1)C2. The van der Waals surface area contributed by atoms with Crippen molar-refractivity contribution in [2.45, 2.75) is 76.8 Å². The summed E-state index contributed by atoms with van der Waals surface area (Å²) in [4.78, 5) is 27.8. The van der Waals surface area contributed by atoms with Gasteiger partial charge < -0.3 is 9.47 Å². The third-order valence-electron chi connectivity index (χ3n) is 10.2. The fourth-order valence-electron chi connectivity index (χ4n) is 8.05. The molecule has 4 heterocycles. The normalized spacial score (nSPS) is 21.2. The number of piperidine rings is 1. The lowest BCUT2D eigenvalue weighted by molar-refractivity contribution is -0.0489. The van der Waals surface area contributed by atoms with E-state index in [-0.39, 0.29) is 6.03 Å². The first-order chi connectivity index (χ1) is 22.0. The predicted molar refractivity (Wildman–Crippen MR) is 180 cm³/mol. The Hall–Kier alpha value is -3.94. The molecule has 1 aliphatic carbocycles. The quantitative estimate of drug-likeness (QED) is 0.203. The summed E-state index contributed by atoms with van der Waals surface area (Å²) < 4.78 is 2.62. The number of carbonyl (C=O) groups is 1. The molecule has 0 spiro atoms. The summed E-state index contributed by atoms with van der Waals surface area (Å²) >= 11 is 0. The number of aryl methyl sites for hydroxylation is 1. The van der Waals surface area contributed by atoms with Crippen LogP contribution in [-0.2, 0) is 26.1 Å². The van der Waals surface area contributed by atoms with Crippen molar-refractivity contribution in [2.75, 3.05) is 31.6 Å². The molecule has 234 valence electrons. The van der Waals surface area contributed by atoms with Crippen LogP contribution in [0.25, 0.3) is 0 Å². The number of imidazole rings is 1. The van der Waals surface area contributed by atoms with Crippen molar-refractivity contribution >= 4 is 11.7 Å². The molecule has 2 amide bonds. The van der Waals surface area contributed by atoms with Crippen LogP contribution in [0.4, 0.5) is 10.5 Å². The zero-order chi connectivity index (χ0) is 30.8. The third-order valence-corrected chi connectivity index (χ3v) is 10.2. The molecule has 1 unspecified atom stereocenters. The number of hydrogen-bond donors (Lipinski definition) is 0. The van der Waals surface area contributed by atoms with Gasteiger partial charge in [0.05, 0.1) is 5.69 Å². The average molecular weight is 603 g/mol. The zero-order valence-electron chi connectivity index (χ0n) is 26.8. The van der Waals surface area contributed by atoms with Gasteiger partial charge in [-0.1, -0.05) is 78.9 Å². The Bertz CT molecular complexity index is 1560. The zero-order valence-corrected chi connectivity index (χ0v) is 26.8. The molecule has 3 aromatic carbocycles. The number of aromatic nitrogens is 2. The van der Waals surface area contributed by atoms with Gasteiger partial charge in [-0.2, -0.15) is 0 Å². The number of fused-ring (bicyclic) bond motifs is 3. The number of amides is 2. The smallest absolute Gasteiger partial charge is 0.324 e. The summed E-state index contributed by atoms with van der Waals surface area (Å²) in [5.41, 5.74) is 6.25. The molecular weight excluding hydrogens is 556 g/mol. The van der Waals surface area contributed by atoms with Crippen molar-refractivity contribution in [1.82, 2.24) is 24.3 Å². The van der Waals surface area contributed by atoms with Gasteiger partial charge in [0.25, 0.3) is 0 Å². The van der Waals surface area contributed by atoms with Gasteiger partial charge in [0.15, 0.2) is 0 Å². The van der Waals surface area contributed by atoms with Crippen LogP contribution < -0.4 is 4.90 Å². The Kier molecular flexibility index (Phi) is 8.72. The van der Waals surface area contributed by atoms with E-state index >= 15 is 0 Å². The van der Waals surface area contributed by atoms with E-state index in [0.29, 0.717) is 24.7 Å². The molecule has 45 heavy (non-hydrogen) atoms. The highest BCUT2D eigenvalue weighted by Gasteiger charge is 2.46. The number of carbonyl (C=O) groups excluding carboxylic acids is 1. The molecule has 7 nitrogen and oxygen atoms in total. The van der Waals surface area contributed by atoms with Gasteiger partial charge in [0, 0.05) is 82.2 Å². The molecule has 1 saturated carbocycles. The molecule has 7 heteroatoms. The van der Waals surface area contributed by atoms with Gasteiger partial charge in [0.2, 0.25) is 0 Å². The molecule has 3 fully saturated rings. The Labute approximate surface area is 268 Å². The van der Waals surface area contributed by atoms with Crippen LogP contribution in [0.15, 0.2) is 91.0 Å². The minimum Gasteiger partial charge on any atom is -0.329 e. The fourth-order valence-corrected chi connectivity index (χ4v) is 8.05. The Morgan fingerprint density at radius 3 is 2.16 bits per heavy atom. The highest BCUT2D eigenvalue weighted by atomic mass is 16.2. The van der Waals surface area contributed by atoms with E-state index in [2.05, 4.69) is 63.8 Å². The van der Waals surface area contributed by atoms with Crippen molar-refractivity contribution < 1.29 is 4.79 Å². The minimum absolute atomic E-state index is 0.0524. The van der Waals surface area contributed by atoms with Gasteiger partial charge in [-0.15, -0.1) is 0 Å². The number of benzene rings is 3. The van der Waals surface area contributed by atoms with Crippen molar-refractivity contribution in [3.8, 4) is 0 Å². The van der Waals surface area contributed by atoms with Crippen LogP contribution >= 0.6 is 0 Å². The number of hydrogen-bond acceptors (Lipinski definition) is 4. The summed E-state index contributed by atoms with van der Waals surface area (Å²) in [6, 6.07) is 33.0. The van der Waals surface area contributed by atoms with E-state index in [4.69, 9.17) is 4.98 Å². The molecule has 8 rings (SSSR count). The average Bonchev–Trinajstić information content (AvgIpc) is 3.40. The van der Waals surface area contributed by atoms with Crippen molar-refractivity contribution in [3.05, 3.63) is 119 Å². The van der Waals surface area contributed by atoms with Gasteiger partial charge in [-0.3, -0.25) is 14.7 Å². The van der Waals surface area contributed by atoms with E-state index in [9.17, 15) is 4.79 Å². The van der Waals surface area contributed by atoms with E-state index in [1.807, 2.05) is 65.4 Å². The second kappa shape index (κ2) is 13.2. The lowest BCUT2D eigenvalue weighted by Crippen LogP contribution is -2.61. The maximum absolute atomic E-state index is 13.7. The summed E-state index contributed by atoms with van der Waals surface area (Å²) in [6.45, 7) is 7.60. The van der Waals surface area contributed by atoms with E-state index in [1.54, 1.807) is 0 Å². The van der Waals surface area contributed by atoms with E-state index in [0.717, 1.165) is 56.8 Å². The lowest BCUT2D eigenvalue weighted by Gasteiger charge is -2.56. The first-order valence-electron chi connectivity index (χ1n) is 16.7.